The van der Waals surface area contributed by atoms with E-state index in [0.717, 1.165) is 17.7 Å². The molecule has 2 N–H and O–H groups in total. The Balaban J connectivity index is 1.96. The van der Waals surface area contributed by atoms with Gasteiger partial charge in [0.2, 0.25) is 11.8 Å². The van der Waals surface area contributed by atoms with Crippen LogP contribution < -0.4 is 10.6 Å². The van der Waals surface area contributed by atoms with Gasteiger partial charge < -0.3 is 10.6 Å². The first-order valence-corrected chi connectivity index (χ1v) is 7.90. The highest BCUT2D eigenvalue weighted by Gasteiger charge is 2.36. The largest absolute Gasteiger partial charge is 0.355 e. The van der Waals surface area contributed by atoms with Crippen LogP contribution in [0.4, 0.5) is 14.5 Å². The maximum Gasteiger partial charge on any atom is 0.239 e. The van der Waals surface area contributed by atoms with Crippen molar-refractivity contribution in [3.63, 3.8) is 0 Å². The maximum atomic E-state index is 13.6. The third-order valence-electron chi connectivity index (χ3n) is 3.88. The fraction of sp³-hybridized carbons (Fsp3) is 0.263. The molecule has 4 nitrogen and oxygen atoms in total. The number of carbonyl (C=O) groups is 2. The van der Waals surface area contributed by atoms with E-state index in [1.54, 1.807) is 0 Å². The summed E-state index contributed by atoms with van der Waals surface area (Å²) in [6, 6.07) is 12.8. The first-order chi connectivity index (χ1) is 11.8. The molecule has 0 fully saturated rings. The van der Waals surface area contributed by atoms with Crippen LogP contribution in [0.2, 0.25) is 0 Å². The topological polar surface area (TPSA) is 58.2 Å². The van der Waals surface area contributed by atoms with Crippen molar-refractivity contribution in [2.45, 2.75) is 20.3 Å². The molecule has 25 heavy (non-hydrogen) atoms. The van der Waals surface area contributed by atoms with Gasteiger partial charge >= 0.3 is 0 Å². The number of rotatable bonds is 6. The minimum absolute atomic E-state index is 0.355. The van der Waals surface area contributed by atoms with Gasteiger partial charge in [-0.15, -0.1) is 0 Å². The molecule has 2 aromatic rings. The predicted octanol–water partition coefficient (Wildman–Crippen LogP) is 3.29. The van der Waals surface area contributed by atoms with Crippen LogP contribution in [0, 0.1) is 17.0 Å². The lowest BCUT2D eigenvalue weighted by Gasteiger charge is -2.23. The number of halogens is 2. The van der Waals surface area contributed by atoms with Crippen molar-refractivity contribution in [1.29, 1.82) is 0 Å². The third kappa shape index (κ3) is 4.62. The SMILES string of the molecule is CC(C)(C(=O)NCCc1ccccc1)C(=O)Nc1c(F)cccc1F. The summed E-state index contributed by atoms with van der Waals surface area (Å²) in [5, 5.41) is 4.84. The molecule has 0 aliphatic carbocycles. The molecule has 2 rings (SSSR count). The molecule has 0 heterocycles. The number of para-hydroxylation sites is 1. The molecule has 0 bridgehead atoms. The maximum absolute atomic E-state index is 13.6. The zero-order valence-corrected chi connectivity index (χ0v) is 14.1. The first kappa shape index (κ1) is 18.6. The van der Waals surface area contributed by atoms with Crippen LogP contribution in [0.1, 0.15) is 19.4 Å². The van der Waals surface area contributed by atoms with E-state index in [-0.39, 0.29) is 0 Å². The minimum atomic E-state index is -1.48. The van der Waals surface area contributed by atoms with Crippen LogP contribution >= 0.6 is 0 Å². The van der Waals surface area contributed by atoms with Gasteiger partial charge in [-0.05, 0) is 38.0 Å². The number of anilines is 1. The molecule has 0 atom stereocenters. The number of benzene rings is 2. The van der Waals surface area contributed by atoms with Crippen LogP contribution in [-0.2, 0) is 16.0 Å². The Labute approximate surface area is 145 Å². The Morgan fingerprint density at radius 2 is 1.52 bits per heavy atom. The fourth-order valence-electron chi connectivity index (χ4n) is 2.18. The van der Waals surface area contributed by atoms with Gasteiger partial charge in [-0.25, -0.2) is 8.78 Å². The van der Waals surface area contributed by atoms with Crippen molar-refractivity contribution in [3.8, 4) is 0 Å². The van der Waals surface area contributed by atoms with E-state index in [1.807, 2.05) is 30.3 Å². The molecular formula is C19H20F2N2O2. The Kier molecular flexibility index (Phi) is 5.85. The second-order valence-corrected chi connectivity index (χ2v) is 6.17. The molecule has 0 aliphatic rings. The number of nitrogens with one attached hydrogen (secondary N) is 2. The molecule has 6 heteroatoms. The molecule has 2 amide bonds. The van der Waals surface area contributed by atoms with Gasteiger partial charge in [0.25, 0.3) is 0 Å². The fourth-order valence-corrected chi connectivity index (χ4v) is 2.18. The van der Waals surface area contributed by atoms with E-state index in [4.69, 9.17) is 0 Å². The highest BCUT2D eigenvalue weighted by molar-refractivity contribution is 6.09. The second kappa shape index (κ2) is 7.88. The molecule has 2 aromatic carbocycles. The minimum Gasteiger partial charge on any atom is -0.355 e. The number of hydrogen-bond acceptors (Lipinski definition) is 2. The predicted molar refractivity (Wildman–Crippen MR) is 91.9 cm³/mol. The van der Waals surface area contributed by atoms with Gasteiger partial charge in [0.15, 0.2) is 0 Å². The Bertz CT molecular complexity index is 741. The Morgan fingerprint density at radius 1 is 0.920 bits per heavy atom. The Hall–Kier alpha value is -2.76. The molecule has 0 saturated heterocycles. The average molecular weight is 346 g/mol. The summed E-state index contributed by atoms with van der Waals surface area (Å²) in [5.41, 5.74) is -0.984. The Morgan fingerprint density at radius 3 is 2.12 bits per heavy atom. The molecule has 0 unspecified atom stereocenters. The molecule has 0 radical (unpaired) electrons. The molecule has 0 aromatic heterocycles. The summed E-state index contributed by atoms with van der Waals surface area (Å²) < 4.78 is 27.3. The normalized spacial score (nSPS) is 11.0. The molecular weight excluding hydrogens is 326 g/mol. The van der Waals surface area contributed by atoms with E-state index in [9.17, 15) is 18.4 Å². The monoisotopic (exact) mass is 346 g/mol. The van der Waals surface area contributed by atoms with E-state index >= 15 is 0 Å². The van der Waals surface area contributed by atoms with Crippen LogP contribution in [-0.4, -0.2) is 18.4 Å². The molecule has 0 aliphatic heterocycles. The lowest BCUT2D eigenvalue weighted by atomic mass is 9.90. The van der Waals surface area contributed by atoms with Crippen LogP contribution in [0.25, 0.3) is 0 Å². The van der Waals surface area contributed by atoms with Gasteiger partial charge in [-0.2, -0.15) is 0 Å². The van der Waals surface area contributed by atoms with Crippen molar-refractivity contribution in [3.05, 3.63) is 65.7 Å². The van der Waals surface area contributed by atoms with Crippen LogP contribution in [0.3, 0.4) is 0 Å². The van der Waals surface area contributed by atoms with Crippen molar-refractivity contribution in [1.82, 2.24) is 5.32 Å². The number of amides is 2. The van der Waals surface area contributed by atoms with E-state index in [1.165, 1.54) is 19.9 Å². The van der Waals surface area contributed by atoms with Crippen molar-refractivity contribution >= 4 is 17.5 Å². The van der Waals surface area contributed by atoms with Gasteiger partial charge in [-0.3, -0.25) is 9.59 Å². The summed E-state index contributed by atoms with van der Waals surface area (Å²) in [4.78, 5) is 24.6. The summed E-state index contributed by atoms with van der Waals surface area (Å²) in [7, 11) is 0. The zero-order valence-electron chi connectivity index (χ0n) is 14.1. The van der Waals surface area contributed by atoms with E-state index in [2.05, 4.69) is 10.6 Å². The molecule has 0 saturated carbocycles. The highest BCUT2D eigenvalue weighted by atomic mass is 19.1. The summed E-state index contributed by atoms with van der Waals surface area (Å²) in [6.07, 6.45) is 0.617. The lowest BCUT2D eigenvalue weighted by Crippen LogP contribution is -2.45. The van der Waals surface area contributed by atoms with E-state index in [0.29, 0.717) is 13.0 Å². The quantitative estimate of drug-likeness (QED) is 0.789. The van der Waals surface area contributed by atoms with Gasteiger partial charge in [0.05, 0.1) is 0 Å². The van der Waals surface area contributed by atoms with Crippen LogP contribution in [0.5, 0.6) is 0 Å². The number of carbonyl (C=O) groups excluding carboxylic acids is 2. The standard InChI is InChI=1S/C19H20F2N2O2/c1-19(2,17(24)22-12-11-13-7-4-3-5-8-13)18(25)23-16-14(20)9-6-10-15(16)21/h3-10H,11-12H2,1-2H3,(H,22,24)(H,23,25). The van der Waals surface area contributed by atoms with Crippen molar-refractivity contribution in [2.75, 3.05) is 11.9 Å². The summed E-state index contributed by atoms with van der Waals surface area (Å²) >= 11 is 0. The number of hydrogen-bond donors (Lipinski definition) is 2. The lowest BCUT2D eigenvalue weighted by molar-refractivity contribution is -0.138. The van der Waals surface area contributed by atoms with E-state index < -0.39 is 34.6 Å². The van der Waals surface area contributed by atoms with Gasteiger partial charge in [0.1, 0.15) is 22.7 Å². The van der Waals surface area contributed by atoms with Crippen LogP contribution in [0.15, 0.2) is 48.5 Å². The summed E-state index contributed by atoms with van der Waals surface area (Å²) in [5.74, 6) is -3.09. The van der Waals surface area contributed by atoms with Crippen molar-refractivity contribution < 1.29 is 18.4 Å². The summed E-state index contributed by atoms with van der Waals surface area (Å²) in [6.45, 7) is 3.16. The molecule has 132 valence electrons. The second-order valence-electron chi connectivity index (χ2n) is 6.17. The van der Waals surface area contributed by atoms with Gasteiger partial charge in [0, 0.05) is 6.54 Å². The smallest absolute Gasteiger partial charge is 0.239 e. The van der Waals surface area contributed by atoms with Crippen molar-refractivity contribution in [2.24, 2.45) is 5.41 Å². The zero-order chi connectivity index (χ0) is 18.4. The van der Waals surface area contributed by atoms with Gasteiger partial charge in [-0.1, -0.05) is 36.4 Å². The average Bonchev–Trinajstić information content (AvgIpc) is 2.58. The molecule has 0 spiro atoms. The first-order valence-electron chi connectivity index (χ1n) is 7.90. The highest BCUT2D eigenvalue weighted by Crippen LogP contribution is 2.23. The third-order valence-corrected chi connectivity index (χ3v) is 3.88.